The van der Waals surface area contributed by atoms with E-state index in [-0.39, 0.29) is 0 Å². The van der Waals surface area contributed by atoms with Crippen LogP contribution >= 0.6 is 0 Å². The van der Waals surface area contributed by atoms with E-state index in [1.807, 2.05) is 0 Å². The van der Waals surface area contributed by atoms with Gasteiger partial charge in [0.2, 0.25) is 0 Å². The van der Waals surface area contributed by atoms with Crippen molar-refractivity contribution in [1.29, 1.82) is 0 Å². The molecule has 0 saturated carbocycles. The first-order chi connectivity index (χ1) is 22.1. The van der Waals surface area contributed by atoms with Gasteiger partial charge in [0.25, 0.3) is 0 Å². The molecule has 6 aromatic rings. The maximum Gasteiger partial charge on any atom is 0.0715 e. The van der Waals surface area contributed by atoms with Crippen LogP contribution in [0, 0.1) is 0 Å². The largest absolute Gasteiger partial charge is 0.375 e. The van der Waals surface area contributed by atoms with Gasteiger partial charge in [0.05, 0.1) is 5.41 Å². The van der Waals surface area contributed by atoms with E-state index in [4.69, 9.17) is 0 Å². The first kappa shape index (κ1) is 27.5. The van der Waals surface area contributed by atoms with E-state index in [1.54, 1.807) is 0 Å². The quantitative estimate of drug-likeness (QED) is 0.184. The van der Waals surface area contributed by atoms with Gasteiger partial charge in [-0.15, -0.1) is 0 Å². The molecular formula is C43H38N2. The Morgan fingerprint density at radius 1 is 0.533 bits per heavy atom. The zero-order chi connectivity index (χ0) is 30.5. The van der Waals surface area contributed by atoms with Crippen LogP contribution in [0.25, 0.3) is 22.3 Å². The summed E-state index contributed by atoms with van der Waals surface area (Å²) in [6.07, 6.45) is 0.996. The predicted molar refractivity (Wildman–Crippen MR) is 190 cm³/mol. The molecule has 2 aliphatic rings. The molecule has 6 aromatic carbocycles. The molecule has 2 heteroatoms. The second kappa shape index (κ2) is 10.8. The molecule has 0 heterocycles. The van der Waals surface area contributed by atoms with Gasteiger partial charge in [-0.25, -0.2) is 0 Å². The SMILES string of the molecule is CCN(C)c1ccc2c(c1)C(c1ccccc1)(c1ccccc1)c1cc(N(CC)c3cccc4c3-c3ccccc3C4)ccc1-2. The normalized spacial score (nSPS) is 13.5. The van der Waals surface area contributed by atoms with Gasteiger partial charge in [0, 0.05) is 42.8 Å². The van der Waals surface area contributed by atoms with Crippen LogP contribution in [0.5, 0.6) is 0 Å². The molecular weight excluding hydrogens is 544 g/mol. The first-order valence-electron chi connectivity index (χ1n) is 16.2. The summed E-state index contributed by atoms with van der Waals surface area (Å²) in [5.41, 5.74) is 16.8. The van der Waals surface area contributed by atoms with E-state index in [0.717, 1.165) is 19.5 Å². The average molecular weight is 583 g/mol. The topological polar surface area (TPSA) is 6.48 Å². The Labute approximate surface area is 267 Å². The van der Waals surface area contributed by atoms with Crippen molar-refractivity contribution >= 4 is 17.1 Å². The van der Waals surface area contributed by atoms with Gasteiger partial charge < -0.3 is 9.80 Å². The van der Waals surface area contributed by atoms with E-state index < -0.39 is 5.41 Å². The van der Waals surface area contributed by atoms with E-state index in [2.05, 4.69) is 170 Å². The Balaban J connectivity index is 1.39. The molecule has 0 atom stereocenters. The molecule has 0 fully saturated rings. The Morgan fingerprint density at radius 3 is 1.76 bits per heavy atom. The highest BCUT2D eigenvalue weighted by molar-refractivity contribution is 5.92. The average Bonchev–Trinajstić information content (AvgIpc) is 3.63. The van der Waals surface area contributed by atoms with Gasteiger partial charge in [0.15, 0.2) is 0 Å². The van der Waals surface area contributed by atoms with Crippen LogP contribution in [-0.2, 0) is 11.8 Å². The summed E-state index contributed by atoms with van der Waals surface area (Å²) >= 11 is 0. The van der Waals surface area contributed by atoms with Crippen molar-refractivity contribution in [2.75, 3.05) is 29.9 Å². The molecule has 2 aliphatic carbocycles. The minimum absolute atomic E-state index is 0.446. The van der Waals surface area contributed by atoms with Crippen molar-refractivity contribution in [2.24, 2.45) is 0 Å². The second-order valence-electron chi connectivity index (χ2n) is 12.3. The fourth-order valence-corrected chi connectivity index (χ4v) is 7.94. The van der Waals surface area contributed by atoms with Crippen molar-refractivity contribution < 1.29 is 0 Å². The number of hydrogen-bond acceptors (Lipinski definition) is 2. The van der Waals surface area contributed by atoms with Gasteiger partial charge in [-0.3, -0.25) is 0 Å². The molecule has 45 heavy (non-hydrogen) atoms. The van der Waals surface area contributed by atoms with Crippen LogP contribution < -0.4 is 9.80 Å². The minimum Gasteiger partial charge on any atom is -0.375 e. The lowest BCUT2D eigenvalue weighted by atomic mass is 9.67. The van der Waals surface area contributed by atoms with Crippen LogP contribution in [-0.4, -0.2) is 20.1 Å². The summed E-state index contributed by atoms with van der Waals surface area (Å²) < 4.78 is 0. The molecule has 0 N–H and O–H groups in total. The summed E-state index contributed by atoms with van der Waals surface area (Å²) in [6, 6.07) is 52.3. The Bertz CT molecular complexity index is 1990. The zero-order valence-corrected chi connectivity index (χ0v) is 26.3. The van der Waals surface area contributed by atoms with E-state index in [1.165, 1.54) is 72.7 Å². The lowest BCUT2D eigenvalue weighted by Gasteiger charge is -2.35. The van der Waals surface area contributed by atoms with Gasteiger partial charge in [-0.05, 0) is 101 Å². The molecule has 0 amide bonds. The van der Waals surface area contributed by atoms with E-state index in [9.17, 15) is 0 Å². The minimum atomic E-state index is -0.446. The number of rotatable bonds is 7. The molecule has 220 valence electrons. The van der Waals surface area contributed by atoms with Crippen LogP contribution in [0.15, 0.2) is 140 Å². The van der Waals surface area contributed by atoms with E-state index in [0.29, 0.717) is 0 Å². The van der Waals surface area contributed by atoms with Crippen molar-refractivity contribution in [3.8, 4) is 22.3 Å². The number of anilines is 3. The molecule has 2 nitrogen and oxygen atoms in total. The molecule has 0 radical (unpaired) electrons. The van der Waals surface area contributed by atoms with Crippen molar-refractivity contribution in [1.82, 2.24) is 0 Å². The fraction of sp³-hybridized carbons (Fsp3) is 0.163. The monoisotopic (exact) mass is 582 g/mol. The summed E-state index contributed by atoms with van der Waals surface area (Å²) in [6.45, 7) is 6.32. The van der Waals surface area contributed by atoms with Gasteiger partial charge in [-0.1, -0.05) is 109 Å². The van der Waals surface area contributed by atoms with E-state index >= 15 is 0 Å². The first-order valence-corrected chi connectivity index (χ1v) is 16.2. The summed E-state index contributed by atoms with van der Waals surface area (Å²) in [5, 5.41) is 0. The summed E-state index contributed by atoms with van der Waals surface area (Å²) in [7, 11) is 2.18. The molecule has 0 aliphatic heterocycles. The second-order valence-corrected chi connectivity index (χ2v) is 12.3. The highest BCUT2D eigenvalue weighted by Crippen LogP contribution is 2.58. The third kappa shape index (κ3) is 4.09. The van der Waals surface area contributed by atoms with Crippen molar-refractivity contribution in [3.63, 3.8) is 0 Å². The number of hydrogen-bond donors (Lipinski definition) is 0. The van der Waals surface area contributed by atoms with Gasteiger partial charge in [-0.2, -0.15) is 0 Å². The van der Waals surface area contributed by atoms with Crippen LogP contribution in [0.1, 0.15) is 47.2 Å². The Hall–Kier alpha value is -5.08. The third-order valence-electron chi connectivity index (χ3n) is 10.1. The standard InChI is InChI=1S/C43H38N2/c1-4-44(3)34-23-25-37-38-26-24-35(45(5-2)41-22-14-16-31-27-30-15-12-13-21-36(30)42(31)41)29-40(38)43(39(37)28-34,32-17-8-6-9-18-32)33-19-10-7-11-20-33/h6-26,28-29H,4-5,27H2,1-3H3. The van der Waals surface area contributed by atoms with Crippen molar-refractivity contribution in [3.05, 3.63) is 173 Å². The molecule has 0 unspecified atom stereocenters. The maximum atomic E-state index is 2.52. The molecule has 8 rings (SSSR count). The zero-order valence-electron chi connectivity index (χ0n) is 26.3. The van der Waals surface area contributed by atoms with Crippen LogP contribution in [0.3, 0.4) is 0 Å². The van der Waals surface area contributed by atoms with Crippen molar-refractivity contribution in [2.45, 2.75) is 25.7 Å². The maximum absolute atomic E-state index is 2.52. The fourth-order valence-electron chi connectivity index (χ4n) is 7.94. The predicted octanol–water partition coefficient (Wildman–Crippen LogP) is 10.2. The van der Waals surface area contributed by atoms with Crippen LogP contribution in [0.2, 0.25) is 0 Å². The third-order valence-corrected chi connectivity index (χ3v) is 10.1. The van der Waals surface area contributed by atoms with Gasteiger partial charge in [0.1, 0.15) is 0 Å². The number of fused-ring (bicyclic) bond motifs is 6. The lowest BCUT2D eigenvalue weighted by molar-refractivity contribution is 0.767. The Kier molecular flexibility index (Phi) is 6.60. The highest BCUT2D eigenvalue weighted by atomic mass is 15.1. The van der Waals surface area contributed by atoms with Crippen LogP contribution in [0.4, 0.5) is 17.1 Å². The summed E-state index contributed by atoms with van der Waals surface area (Å²) in [5.74, 6) is 0. The van der Waals surface area contributed by atoms with Gasteiger partial charge >= 0.3 is 0 Å². The molecule has 0 saturated heterocycles. The number of nitrogens with zero attached hydrogens (tertiary/aromatic N) is 2. The Morgan fingerprint density at radius 2 is 1.11 bits per heavy atom. The molecule has 0 bridgehead atoms. The highest BCUT2D eigenvalue weighted by Gasteiger charge is 2.46. The smallest absolute Gasteiger partial charge is 0.0715 e. The number of benzene rings is 6. The molecule has 0 spiro atoms. The summed E-state index contributed by atoms with van der Waals surface area (Å²) in [4.78, 5) is 4.85. The lowest BCUT2D eigenvalue weighted by Crippen LogP contribution is -2.29. The molecule has 0 aromatic heterocycles.